The van der Waals surface area contributed by atoms with Crippen molar-refractivity contribution in [1.82, 2.24) is 5.32 Å². The summed E-state index contributed by atoms with van der Waals surface area (Å²) in [4.78, 5) is 50.3. The van der Waals surface area contributed by atoms with Crippen LogP contribution in [0.5, 0.6) is 0 Å². The lowest BCUT2D eigenvalue weighted by Gasteiger charge is -2.55. The first-order valence-electron chi connectivity index (χ1n) is 8.81. The number of rotatable bonds is 1. The maximum atomic E-state index is 13.0. The van der Waals surface area contributed by atoms with E-state index in [0.717, 1.165) is 5.69 Å². The van der Waals surface area contributed by atoms with Gasteiger partial charge in [-0.3, -0.25) is 29.8 Å². The number of carbonyl (C=O) groups excluding carboxylic acids is 3. The minimum atomic E-state index is -1.50. The number of ketones is 1. The molecule has 3 unspecified atom stereocenters. The van der Waals surface area contributed by atoms with Crippen molar-refractivity contribution in [3.05, 3.63) is 33.9 Å². The molecular formula is C18H19N3O6. The molecule has 0 aromatic heterocycles. The molecule has 9 heteroatoms. The molecular weight excluding hydrogens is 354 g/mol. The summed E-state index contributed by atoms with van der Waals surface area (Å²) in [5.41, 5.74) is -0.290. The number of nitrogens with one attached hydrogen (secondary N) is 1. The van der Waals surface area contributed by atoms with Gasteiger partial charge in [0.2, 0.25) is 11.8 Å². The van der Waals surface area contributed by atoms with Gasteiger partial charge in [0.25, 0.3) is 5.69 Å². The third kappa shape index (κ3) is 2.45. The average molecular weight is 373 g/mol. The number of non-ortho nitro benzene ring substituents is 1. The molecule has 4 atom stereocenters. The van der Waals surface area contributed by atoms with Gasteiger partial charge in [0.15, 0.2) is 5.78 Å². The molecule has 27 heavy (non-hydrogen) atoms. The predicted molar refractivity (Wildman–Crippen MR) is 93.2 cm³/mol. The van der Waals surface area contributed by atoms with E-state index in [1.807, 2.05) is 18.7 Å². The van der Waals surface area contributed by atoms with E-state index in [1.165, 1.54) is 12.1 Å². The van der Waals surface area contributed by atoms with E-state index in [4.69, 9.17) is 4.74 Å². The first-order valence-corrected chi connectivity index (χ1v) is 8.81. The molecule has 1 aromatic carbocycles. The van der Waals surface area contributed by atoms with Crippen molar-refractivity contribution in [3.63, 3.8) is 0 Å². The van der Waals surface area contributed by atoms with Gasteiger partial charge in [-0.25, -0.2) is 0 Å². The first-order chi connectivity index (χ1) is 12.7. The quantitative estimate of drug-likeness (QED) is 0.334. The van der Waals surface area contributed by atoms with Crippen LogP contribution >= 0.6 is 0 Å². The van der Waals surface area contributed by atoms with Crippen LogP contribution in [0.3, 0.4) is 0 Å². The number of nitro groups is 1. The van der Waals surface area contributed by atoms with Crippen LogP contribution in [0.1, 0.15) is 25.8 Å². The van der Waals surface area contributed by atoms with Crippen molar-refractivity contribution in [2.24, 2.45) is 5.41 Å². The highest BCUT2D eigenvalue weighted by molar-refractivity contribution is 6.22. The van der Waals surface area contributed by atoms with E-state index in [1.54, 1.807) is 6.07 Å². The molecule has 1 spiro atoms. The number of anilines is 1. The second kappa shape index (κ2) is 5.85. The van der Waals surface area contributed by atoms with Crippen LogP contribution < -0.4 is 10.2 Å². The largest absolute Gasteiger partial charge is 0.372 e. The van der Waals surface area contributed by atoms with Gasteiger partial charge >= 0.3 is 0 Å². The van der Waals surface area contributed by atoms with Gasteiger partial charge < -0.3 is 9.64 Å². The Kier molecular flexibility index (Phi) is 3.81. The van der Waals surface area contributed by atoms with Gasteiger partial charge in [-0.1, -0.05) is 0 Å². The number of imide groups is 1. The van der Waals surface area contributed by atoms with Crippen molar-refractivity contribution in [3.8, 4) is 0 Å². The molecule has 4 rings (SSSR count). The van der Waals surface area contributed by atoms with Crippen LogP contribution in [0.25, 0.3) is 0 Å². The Hall–Kier alpha value is -2.81. The number of hydrogen-bond acceptors (Lipinski definition) is 7. The van der Waals surface area contributed by atoms with Crippen LogP contribution in [-0.4, -0.2) is 47.3 Å². The fourth-order valence-corrected chi connectivity index (χ4v) is 4.75. The lowest BCUT2D eigenvalue weighted by atomic mass is 9.63. The number of ether oxygens (including phenoxy) is 1. The highest BCUT2D eigenvalue weighted by Gasteiger charge is 2.62. The maximum absolute atomic E-state index is 13.0. The number of Topliss-reactive ketones (excluding diaryl/α,β-unsaturated/α-hetero) is 1. The molecule has 3 heterocycles. The molecule has 3 aliphatic heterocycles. The average Bonchev–Trinajstić information content (AvgIpc) is 2.58. The number of benzene rings is 1. The Labute approximate surface area is 154 Å². The molecule has 9 nitrogen and oxygen atoms in total. The van der Waals surface area contributed by atoms with Gasteiger partial charge in [-0.15, -0.1) is 0 Å². The van der Waals surface area contributed by atoms with Gasteiger partial charge in [-0.05, 0) is 31.9 Å². The van der Waals surface area contributed by atoms with E-state index in [-0.39, 0.29) is 24.6 Å². The number of piperidine rings is 1. The molecule has 0 bridgehead atoms. The zero-order valence-corrected chi connectivity index (χ0v) is 14.9. The minimum Gasteiger partial charge on any atom is -0.372 e. The summed E-state index contributed by atoms with van der Waals surface area (Å²) in [5, 5.41) is 13.5. The summed E-state index contributed by atoms with van der Waals surface area (Å²) in [6.07, 6.45) is -0.953. The Bertz CT molecular complexity index is 862. The van der Waals surface area contributed by atoms with Crippen molar-refractivity contribution >= 4 is 29.0 Å². The van der Waals surface area contributed by atoms with Crippen LogP contribution in [-0.2, 0) is 25.5 Å². The van der Waals surface area contributed by atoms with E-state index in [0.29, 0.717) is 12.1 Å². The fraction of sp³-hybridized carbons (Fsp3) is 0.500. The highest BCUT2D eigenvalue weighted by atomic mass is 16.6. The fourth-order valence-electron chi connectivity index (χ4n) is 4.75. The monoisotopic (exact) mass is 373 g/mol. The molecule has 0 aliphatic carbocycles. The normalized spacial score (nSPS) is 32.7. The number of amides is 2. The van der Waals surface area contributed by atoms with Gasteiger partial charge in [0.1, 0.15) is 5.41 Å². The second-order valence-corrected chi connectivity index (χ2v) is 7.44. The summed E-state index contributed by atoms with van der Waals surface area (Å²) >= 11 is 0. The predicted octanol–water partition coefficient (Wildman–Crippen LogP) is 0.735. The number of hydrogen-bond donors (Lipinski definition) is 1. The minimum absolute atomic E-state index is 0.00517. The third-order valence-corrected chi connectivity index (χ3v) is 5.72. The summed E-state index contributed by atoms with van der Waals surface area (Å²) in [6.45, 7) is 4.14. The third-order valence-electron chi connectivity index (χ3n) is 5.72. The number of nitrogens with zero attached hydrogens (tertiary/aromatic N) is 2. The summed E-state index contributed by atoms with van der Waals surface area (Å²) in [6, 6.07) is 3.91. The molecule has 0 radical (unpaired) electrons. The molecule has 142 valence electrons. The van der Waals surface area contributed by atoms with Gasteiger partial charge in [0.05, 0.1) is 29.6 Å². The zero-order chi connectivity index (χ0) is 19.5. The summed E-state index contributed by atoms with van der Waals surface area (Å²) in [5.74, 6) is -1.74. The van der Waals surface area contributed by atoms with Gasteiger partial charge in [-0.2, -0.15) is 0 Å². The van der Waals surface area contributed by atoms with Crippen molar-refractivity contribution in [1.29, 1.82) is 0 Å². The van der Waals surface area contributed by atoms with E-state index in [9.17, 15) is 24.5 Å². The molecule has 3 aliphatic rings. The first kappa shape index (κ1) is 17.6. The van der Waals surface area contributed by atoms with Gasteiger partial charge in [0, 0.05) is 24.4 Å². The molecule has 2 saturated heterocycles. The topological polar surface area (TPSA) is 119 Å². The number of morpholine rings is 1. The lowest BCUT2D eigenvalue weighted by molar-refractivity contribution is -0.384. The second-order valence-electron chi connectivity index (χ2n) is 7.44. The molecule has 0 saturated carbocycles. The molecule has 1 aromatic rings. The number of carbonyl (C=O) groups is 3. The molecule has 2 amide bonds. The number of nitro benzene ring substituents is 1. The van der Waals surface area contributed by atoms with Crippen LogP contribution in [0, 0.1) is 15.5 Å². The van der Waals surface area contributed by atoms with Crippen LogP contribution in [0.4, 0.5) is 11.4 Å². The Morgan fingerprint density at radius 2 is 2.04 bits per heavy atom. The van der Waals surface area contributed by atoms with E-state index >= 15 is 0 Å². The highest BCUT2D eigenvalue weighted by Crippen LogP contribution is 2.48. The molecule has 2 fully saturated rings. The zero-order valence-electron chi connectivity index (χ0n) is 14.9. The van der Waals surface area contributed by atoms with E-state index in [2.05, 4.69) is 5.32 Å². The van der Waals surface area contributed by atoms with Crippen molar-refractivity contribution in [2.75, 3.05) is 11.4 Å². The Morgan fingerprint density at radius 1 is 1.30 bits per heavy atom. The lowest BCUT2D eigenvalue weighted by Crippen LogP contribution is -2.72. The number of fused-ring (bicyclic) bond motifs is 4. The van der Waals surface area contributed by atoms with Crippen molar-refractivity contribution < 1.29 is 24.0 Å². The summed E-state index contributed by atoms with van der Waals surface area (Å²) in [7, 11) is 0. The maximum Gasteiger partial charge on any atom is 0.269 e. The SMILES string of the molecule is CC1CN2c3ccc([N+](=O)[O-])cc3C[C@@]3(C(=O)CC(=O)NC3=O)C2C(C)O1. The Morgan fingerprint density at radius 3 is 2.70 bits per heavy atom. The Balaban J connectivity index is 1.92. The molecule has 1 N–H and O–H groups in total. The van der Waals surface area contributed by atoms with E-state index < -0.39 is 40.1 Å². The van der Waals surface area contributed by atoms with Crippen molar-refractivity contribution in [2.45, 2.75) is 44.9 Å². The van der Waals surface area contributed by atoms with Crippen LogP contribution in [0.2, 0.25) is 0 Å². The summed E-state index contributed by atoms with van der Waals surface area (Å²) < 4.78 is 5.92. The standard InChI is InChI=1S/C18H19N3O6/c1-9-8-20-13-4-3-12(21(25)26)5-11(13)7-18(16(20)10(2)27-9)14(22)6-15(23)19-17(18)24/h3-5,9-10,16H,6-8H2,1-2H3,(H,19,23,24)/t9?,10?,16?,18-/m1/s1. The smallest absolute Gasteiger partial charge is 0.269 e. The van der Waals surface area contributed by atoms with Crippen LogP contribution in [0.15, 0.2) is 18.2 Å².